The maximum absolute atomic E-state index is 12.6. The minimum Gasteiger partial charge on any atom is -0.341 e. The lowest BCUT2D eigenvalue weighted by molar-refractivity contribution is -0.127. The second-order valence-electron chi connectivity index (χ2n) is 7.21. The summed E-state index contributed by atoms with van der Waals surface area (Å²) in [5, 5.41) is 9.65. The van der Waals surface area contributed by atoms with Crippen LogP contribution in [0, 0.1) is 0 Å². The predicted molar refractivity (Wildman–Crippen MR) is 111 cm³/mol. The third-order valence-corrected chi connectivity index (χ3v) is 5.84. The normalized spacial score (nSPS) is 13.5. The van der Waals surface area contributed by atoms with Gasteiger partial charge in [-0.05, 0) is 24.0 Å². The number of carbonyl (C=O) groups excluding carboxylic acids is 1. The van der Waals surface area contributed by atoms with Crippen LogP contribution in [0.3, 0.4) is 0 Å². The van der Waals surface area contributed by atoms with Gasteiger partial charge in [-0.3, -0.25) is 4.79 Å². The van der Waals surface area contributed by atoms with Gasteiger partial charge < -0.3 is 9.47 Å². The molecular weight excluding hydrogens is 368 g/mol. The van der Waals surface area contributed by atoms with Gasteiger partial charge in [-0.2, -0.15) is 0 Å². The van der Waals surface area contributed by atoms with Gasteiger partial charge in [0.15, 0.2) is 5.16 Å². The fourth-order valence-corrected chi connectivity index (χ4v) is 4.03. The molecule has 0 saturated heterocycles. The maximum atomic E-state index is 12.6. The molecule has 144 valence electrons. The van der Waals surface area contributed by atoms with Crippen molar-refractivity contribution in [3.8, 4) is 0 Å². The molecule has 0 unspecified atom stereocenters. The van der Waals surface area contributed by atoms with E-state index in [1.165, 1.54) is 30.2 Å². The van der Waals surface area contributed by atoms with Crippen LogP contribution in [0.25, 0.3) is 0 Å². The molecule has 2 aromatic carbocycles. The molecule has 0 atom stereocenters. The number of amides is 1. The molecule has 28 heavy (non-hydrogen) atoms. The molecule has 5 nitrogen and oxygen atoms in total. The van der Waals surface area contributed by atoms with Crippen LogP contribution in [0.2, 0.25) is 0 Å². The highest BCUT2D eigenvalue weighted by Gasteiger charge is 2.30. The quantitative estimate of drug-likeness (QED) is 0.545. The van der Waals surface area contributed by atoms with Gasteiger partial charge >= 0.3 is 0 Å². The SMILES string of the molecule is CN(Cc1ccccc1)C(=O)CSc1nnc(C2CC2)n1Cc1ccccc1. The first-order valence-corrected chi connectivity index (χ1v) is 10.6. The summed E-state index contributed by atoms with van der Waals surface area (Å²) in [4.78, 5) is 14.4. The molecule has 1 aromatic heterocycles. The van der Waals surface area contributed by atoms with Crippen molar-refractivity contribution in [2.45, 2.75) is 37.0 Å². The predicted octanol–water partition coefficient (Wildman–Crippen LogP) is 3.95. The first-order chi connectivity index (χ1) is 13.7. The van der Waals surface area contributed by atoms with Crippen molar-refractivity contribution >= 4 is 17.7 Å². The van der Waals surface area contributed by atoms with Gasteiger partial charge in [0.2, 0.25) is 5.91 Å². The van der Waals surface area contributed by atoms with Crippen molar-refractivity contribution in [3.63, 3.8) is 0 Å². The van der Waals surface area contributed by atoms with Crippen LogP contribution >= 0.6 is 11.8 Å². The number of benzene rings is 2. The van der Waals surface area contributed by atoms with Crippen LogP contribution < -0.4 is 0 Å². The third-order valence-electron chi connectivity index (χ3n) is 4.88. The van der Waals surface area contributed by atoms with E-state index in [9.17, 15) is 4.79 Å². The zero-order valence-corrected chi connectivity index (χ0v) is 16.8. The number of rotatable bonds is 8. The van der Waals surface area contributed by atoms with E-state index in [1.54, 1.807) is 4.90 Å². The summed E-state index contributed by atoms with van der Waals surface area (Å²) >= 11 is 1.48. The summed E-state index contributed by atoms with van der Waals surface area (Å²) in [6.45, 7) is 1.36. The lowest BCUT2D eigenvalue weighted by Gasteiger charge is -2.17. The molecule has 1 aliphatic carbocycles. The highest BCUT2D eigenvalue weighted by atomic mass is 32.2. The second-order valence-corrected chi connectivity index (χ2v) is 8.15. The Kier molecular flexibility index (Phi) is 5.76. The van der Waals surface area contributed by atoms with Crippen molar-refractivity contribution < 1.29 is 4.79 Å². The summed E-state index contributed by atoms with van der Waals surface area (Å²) in [5.74, 6) is 2.02. The first kappa shape index (κ1) is 18.7. The molecule has 4 rings (SSSR count). The van der Waals surface area contributed by atoms with Gasteiger partial charge in [0.05, 0.1) is 12.3 Å². The molecule has 0 bridgehead atoms. The van der Waals surface area contributed by atoms with E-state index >= 15 is 0 Å². The number of thioether (sulfide) groups is 1. The Morgan fingerprint density at radius 2 is 1.68 bits per heavy atom. The summed E-state index contributed by atoms with van der Waals surface area (Å²) in [6.07, 6.45) is 2.35. The van der Waals surface area contributed by atoms with Gasteiger partial charge in [0.1, 0.15) is 5.82 Å². The van der Waals surface area contributed by atoms with Crippen molar-refractivity contribution in [3.05, 3.63) is 77.6 Å². The smallest absolute Gasteiger partial charge is 0.233 e. The third kappa shape index (κ3) is 4.62. The van der Waals surface area contributed by atoms with Gasteiger partial charge in [0, 0.05) is 19.5 Å². The van der Waals surface area contributed by atoms with E-state index in [-0.39, 0.29) is 5.91 Å². The highest BCUT2D eigenvalue weighted by molar-refractivity contribution is 7.99. The van der Waals surface area contributed by atoms with Gasteiger partial charge in [0.25, 0.3) is 0 Å². The van der Waals surface area contributed by atoms with Crippen LogP contribution in [-0.2, 0) is 17.9 Å². The molecule has 1 fully saturated rings. The van der Waals surface area contributed by atoms with E-state index < -0.39 is 0 Å². The molecule has 6 heteroatoms. The Morgan fingerprint density at radius 1 is 1.04 bits per heavy atom. The van der Waals surface area contributed by atoms with Crippen molar-refractivity contribution in [1.82, 2.24) is 19.7 Å². The minimum absolute atomic E-state index is 0.0936. The zero-order valence-electron chi connectivity index (χ0n) is 16.0. The molecule has 1 amide bonds. The van der Waals surface area contributed by atoms with E-state index in [0.717, 1.165) is 23.1 Å². The van der Waals surface area contributed by atoms with Gasteiger partial charge in [-0.15, -0.1) is 10.2 Å². The molecule has 3 aromatic rings. The van der Waals surface area contributed by atoms with Crippen molar-refractivity contribution in [2.75, 3.05) is 12.8 Å². The second kappa shape index (κ2) is 8.61. The summed E-state index contributed by atoms with van der Waals surface area (Å²) in [5.41, 5.74) is 2.35. The molecule has 0 N–H and O–H groups in total. The van der Waals surface area contributed by atoms with E-state index in [0.29, 0.717) is 18.2 Å². The molecule has 0 radical (unpaired) electrons. The Hall–Kier alpha value is -2.60. The zero-order chi connectivity index (χ0) is 19.3. The lowest BCUT2D eigenvalue weighted by Crippen LogP contribution is -2.27. The number of nitrogens with zero attached hydrogens (tertiary/aromatic N) is 4. The fraction of sp³-hybridized carbons (Fsp3) is 0.318. The molecular formula is C22H24N4OS. The number of hydrogen-bond donors (Lipinski definition) is 0. The minimum atomic E-state index is 0.0936. The molecule has 1 heterocycles. The van der Waals surface area contributed by atoms with Crippen LogP contribution in [-0.4, -0.2) is 38.4 Å². The summed E-state index contributed by atoms with van der Waals surface area (Å²) < 4.78 is 2.18. The lowest BCUT2D eigenvalue weighted by atomic mass is 10.2. The number of aromatic nitrogens is 3. The Labute approximate surface area is 169 Å². The van der Waals surface area contributed by atoms with E-state index in [1.807, 2.05) is 55.6 Å². The van der Waals surface area contributed by atoms with Crippen LogP contribution in [0.5, 0.6) is 0 Å². The van der Waals surface area contributed by atoms with Gasteiger partial charge in [-0.1, -0.05) is 72.4 Å². The Morgan fingerprint density at radius 3 is 2.32 bits per heavy atom. The molecule has 0 spiro atoms. The van der Waals surface area contributed by atoms with Crippen molar-refractivity contribution in [1.29, 1.82) is 0 Å². The van der Waals surface area contributed by atoms with E-state index in [2.05, 4.69) is 26.9 Å². The number of hydrogen-bond acceptors (Lipinski definition) is 4. The van der Waals surface area contributed by atoms with Crippen LogP contribution in [0.15, 0.2) is 65.8 Å². The average molecular weight is 393 g/mol. The molecule has 0 aliphatic heterocycles. The van der Waals surface area contributed by atoms with Crippen LogP contribution in [0.4, 0.5) is 0 Å². The fourth-order valence-electron chi connectivity index (χ4n) is 3.15. The summed E-state index contributed by atoms with van der Waals surface area (Å²) in [7, 11) is 1.85. The molecule has 1 aliphatic rings. The van der Waals surface area contributed by atoms with Crippen molar-refractivity contribution in [2.24, 2.45) is 0 Å². The van der Waals surface area contributed by atoms with E-state index in [4.69, 9.17) is 0 Å². The van der Waals surface area contributed by atoms with Crippen LogP contribution in [0.1, 0.15) is 35.7 Å². The maximum Gasteiger partial charge on any atom is 0.233 e. The first-order valence-electron chi connectivity index (χ1n) is 9.58. The summed E-state index contributed by atoms with van der Waals surface area (Å²) in [6, 6.07) is 20.4. The topological polar surface area (TPSA) is 51.0 Å². The average Bonchev–Trinajstić information content (AvgIpc) is 3.49. The van der Waals surface area contributed by atoms with Gasteiger partial charge in [-0.25, -0.2) is 0 Å². The Balaban J connectivity index is 1.42. The largest absolute Gasteiger partial charge is 0.341 e. The monoisotopic (exact) mass is 392 g/mol. The Bertz CT molecular complexity index is 922. The highest BCUT2D eigenvalue weighted by Crippen LogP contribution is 2.40. The standard InChI is InChI=1S/C22H24N4OS/c1-25(14-17-8-4-2-5-9-17)20(27)16-28-22-24-23-21(19-12-13-19)26(22)15-18-10-6-3-7-11-18/h2-11,19H,12-16H2,1H3. The molecule has 1 saturated carbocycles. The number of carbonyl (C=O) groups is 1.